The maximum Gasteiger partial charge on any atom is 0.225 e. The van der Waals surface area contributed by atoms with Crippen LogP contribution in [0.25, 0.3) is 0 Å². The summed E-state index contributed by atoms with van der Waals surface area (Å²) < 4.78 is 0. The zero-order valence-corrected chi connectivity index (χ0v) is 14.0. The fourth-order valence-corrected chi connectivity index (χ4v) is 3.41. The first-order valence-corrected chi connectivity index (χ1v) is 7.92. The number of allylic oxidation sites excluding steroid dienone is 1. The van der Waals surface area contributed by atoms with Crippen molar-refractivity contribution in [1.29, 1.82) is 0 Å². The number of amides is 1. The Kier molecular flexibility index (Phi) is 6.74. The van der Waals surface area contributed by atoms with Gasteiger partial charge in [0.1, 0.15) is 0 Å². The average molecular weight is 280 g/mol. The molecule has 0 saturated carbocycles. The predicted octanol–water partition coefficient (Wildman–Crippen LogP) is 3.17. The van der Waals surface area contributed by atoms with E-state index in [2.05, 4.69) is 37.4 Å². The highest BCUT2D eigenvalue weighted by molar-refractivity contribution is 5.79. The largest absolute Gasteiger partial charge is 0.339 e. The highest BCUT2D eigenvalue weighted by atomic mass is 16.2. The van der Waals surface area contributed by atoms with Crippen molar-refractivity contribution in [3.63, 3.8) is 0 Å². The molecular formula is C17H32N2O. The lowest BCUT2D eigenvalue weighted by Gasteiger charge is -2.41. The number of hydrogen-bond donors (Lipinski definition) is 0. The first-order valence-electron chi connectivity index (χ1n) is 7.92. The van der Waals surface area contributed by atoms with Crippen LogP contribution in [0.15, 0.2) is 12.2 Å². The number of hydrogen-bond acceptors (Lipinski definition) is 2. The fraction of sp³-hybridized carbons (Fsp3) is 0.824. The molecule has 116 valence electrons. The molecule has 0 aromatic carbocycles. The van der Waals surface area contributed by atoms with Gasteiger partial charge >= 0.3 is 0 Å². The highest BCUT2D eigenvalue weighted by Gasteiger charge is 2.32. The van der Waals surface area contributed by atoms with Crippen LogP contribution in [-0.4, -0.2) is 48.9 Å². The Balaban J connectivity index is 2.72. The lowest BCUT2D eigenvalue weighted by molar-refractivity contribution is -0.140. The van der Waals surface area contributed by atoms with E-state index in [1.165, 1.54) is 6.42 Å². The second kappa shape index (κ2) is 7.82. The van der Waals surface area contributed by atoms with Gasteiger partial charge in [0.2, 0.25) is 5.91 Å². The molecule has 0 radical (unpaired) electrons. The third-order valence-corrected chi connectivity index (χ3v) is 4.22. The van der Waals surface area contributed by atoms with Crippen LogP contribution in [0.2, 0.25) is 0 Å². The first kappa shape index (κ1) is 17.2. The third kappa shape index (κ3) is 4.93. The van der Waals surface area contributed by atoms with Crippen LogP contribution in [0.5, 0.6) is 0 Å². The molecule has 1 saturated heterocycles. The Morgan fingerprint density at radius 3 is 2.55 bits per heavy atom. The molecule has 1 amide bonds. The molecule has 1 fully saturated rings. The summed E-state index contributed by atoms with van der Waals surface area (Å²) in [5.74, 6) is 0.925. The van der Waals surface area contributed by atoms with Crippen LogP contribution in [-0.2, 0) is 4.79 Å². The van der Waals surface area contributed by atoms with Crippen LogP contribution >= 0.6 is 0 Å². The van der Waals surface area contributed by atoms with E-state index in [-0.39, 0.29) is 5.92 Å². The second-order valence-electron chi connectivity index (χ2n) is 6.90. The number of nitrogens with zero attached hydrogens (tertiary/aromatic N) is 2. The summed E-state index contributed by atoms with van der Waals surface area (Å²) in [6, 6.07) is 0.409. The van der Waals surface area contributed by atoms with Gasteiger partial charge in [-0.15, -0.1) is 6.58 Å². The molecule has 0 aromatic heterocycles. The van der Waals surface area contributed by atoms with Crippen molar-refractivity contribution in [3.05, 3.63) is 12.2 Å². The van der Waals surface area contributed by atoms with Crippen LogP contribution < -0.4 is 0 Å². The van der Waals surface area contributed by atoms with E-state index in [1.54, 1.807) is 0 Å². The summed E-state index contributed by atoms with van der Waals surface area (Å²) in [5, 5.41) is 0. The van der Waals surface area contributed by atoms with Gasteiger partial charge in [0.25, 0.3) is 0 Å². The molecule has 3 nitrogen and oxygen atoms in total. The number of rotatable bonds is 6. The van der Waals surface area contributed by atoms with Gasteiger partial charge in [0.05, 0.1) is 0 Å². The van der Waals surface area contributed by atoms with E-state index >= 15 is 0 Å². The lowest BCUT2D eigenvalue weighted by Crippen LogP contribution is -2.50. The average Bonchev–Trinajstić information content (AvgIpc) is 2.36. The van der Waals surface area contributed by atoms with E-state index in [0.29, 0.717) is 17.9 Å². The standard InChI is InChI=1S/C17H32N2O/c1-13(2)11-14(3)17(20)19-10-8-7-9-16(19)15(4)12-18(5)6/h14-16H,1,7-12H2,2-6H3. The van der Waals surface area contributed by atoms with Crippen molar-refractivity contribution in [2.45, 2.75) is 52.5 Å². The van der Waals surface area contributed by atoms with Gasteiger partial charge in [-0.1, -0.05) is 19.4 Å². The molecule has 0 bridgehead atoms. The van der Waals surface area contributed by atoms with E-state index < -0.39 is 0 Å². The molecule has 0 spiro atoms. The minimum atomic E-state index is 0.0691. The van der Waals surface area contributed by atoms with E-state index in [0.717, 1.165) is 37.9 Å². The summed E-state index contributed by atoms with van der Waals surface area (Å²) in [4.78, 5) is 17.1. The van der Waals surface area contributed by atoms with Crippen molar-refractivity contribution in [2.75, 3.05) is 27.2 Å². The fourth-order valence-electron chi connectivity index (χ4n) is 3.41. The SMILES string of the molecule is C=C(C)CC(C)C(=O)N1CCCCC1C(C)CN(C)C. The number of piperidine rings is 1. The van der Waals surface area contributed by atoms with Crippen molar-refractivity contribution in [1.82, 2.24) is 9.80 Å². The summed E-state index contributed by atoms with van der Waals surface area (Å²) in [7, 11) is 4.21. The quantitative estimate of drug-likeness (QED) is 0.698. The summed E-state index contributed by atoms with van der Waals surface area (Å²) in [6.45, 7) is 12.2. The van der Waals surface area contributed by atoms with Crippen LogP contribution in [0.3, 0.4) is 0 Å². The lowest BCUT2D eigenvalue weighted by atomic mass is 9.89. The molecule has 1 aliphatic rings. The Hall–Kier alpha value is -0.830. The minimum Gasteiger partial charge on any atom is -0.339 e. The van der Waals surface area contributed by atoms with Gasteiger partial charge in [-0.3, -0.25) is 4.79 Å². The Bertz CT molecular complexity index is 338. The maximum absolute atomic E-state index is 12.7. The second-order valence-corrected chi connectivity index (χ2v) is 6.90. The van der Waals surface area contributed by atoms with E-state index in [1.807, 2.05) is 13.8 Å². The van der Waals surface area contributed by atoms with Crippen molar-refractivity contribution in [3.8, 4) is 0 Å². The number of likely N-dealkylation sites (tertiary alicyclic amines) is 1. The zero-order valence-electron chi connectivity index (χ0n) is 14.0. The monoisotopic (exact) mass is 280 g/mol. The molecule has 1 aliphatic heterocycles. The molecule has 3 atom stereocenters. The molecule has 0 aromatic rings. The number of carbonyl (C=O) groups is 1. The smallest absolute Gasteiger partial charge is 0.225 e. The van der Waals surface area contributed by atoms with Gasteiger partial charge in [-0.25, -0.2) is 0 Å². The molecule has 0 N–H and O–H groups in total. The topological polar surface area (TPSA) is 23.6 Å². The van der Waals surface area contributed by atoms with Gasteiger partial charge in [0, 0.05) is 25.0 Å². The Morgan fingerprint density at radius 2 is 2.00 bits per heavy atom. The van der Waals surface area contributed by atoms with Gasteiger partial charge < -0.3 is 9.80 Å². The Morgan fingerprint density at radius 1 is 1.35 bits per heavy atom. The molecule has 3 heteroatoms. The van der Waals surface area contributed by atoms with Gasteiger partial charge in [-0.2, -0.15) is 0 Å². The van der Waals surface area contributed by atoms with Crippen molar-refractivity contribution >= 4 is 5.91 Å². The Labute approximate surface area is 125 Å². The van der Waals surface area contributed by atoms with Crippen molar-refractivity contribution < 1.29 is 4.79 Å². The van der Waals surface area contributed by atoms with Crippen LogP contribution in [0, 0.1) is 11.8 Å². The molecule has 20 heavy (non-hydrogen) atoms. The van der Waals surface area contributed by atoms with Gasteiger partial charge in [-0.05, 0) is 52.6 Å². The molecule has 0 aliphatic carbocycles. The molecular weight excluding hydrogens is 248 g/mol. The first-order chi connectivity index (χ1) is 9.32. The minimum absolute atomic E-state index is 0.0691. The zero-order chi connectivity index (χ0) is 15.3. The predicted molar refractivity (Wildman–Crippen MR) is 85.7 cm³/mol. The molecule has 1 heterocycles. The summed E-state index contributed by atoms with van der Waals surface area (Å²) >= 11 is 0. The number of carbonyl (C=O) groups excluding carboxylic acids is 1. The van der Waals surface area contributed by atoms with Crippen LogP contribution in [0.4, 0.5) is 0 Å². The summed E-state index contributed by atoms with van der Waals surface area (Å²) in [6.07, 6.45) is 4.36. The van der Waals surface area contributed by atoms with Crippen molar-refractivity contribution in [2.24, 2.45) is 11.8 Å². The van der Waals surface area contributed by atoms with Crippen LogP contribution in [0.1, 0.15) is 46.5 Å². The summed E-state index contributed by atoms with van der Waals surface area (Å²) in [5.41, 5.74) is 1.10. The molecule has 1 rings (SSSR count). The molecule has 3 unspecified atom stereocenters. The van der Waals surface area contributed by atoms with E-state index in [9.17, 15) is 4.79 Å². The third-order valence-electron chi connectivity index (χ3n) is 4.22. The van der Waals surface area contributed by atoms with E-state index in [4.69, 9.17) is 0 Å². The van der Waals surface area contributed by atoms with Gasteiger partial charge in [0.15, 0.2) is 0 Å². The highest BCUT2D eigenvalue weighted by Crippen LogP contribution is 2.26. The maximum atomic E-state index is 12.7. The normalized spacial score (nSPS) is 22.7.